The minimum absolute atomic E-state index is 0.115. The molecule has 0 bridgehead atoms. The van der Waals surface area contributed by atoms with Crippen molar-refractivity contribution in [2.24, 2.45) is 0 Å². The summed E-state index contributed by atoms with van der Waals surface area (Å²) in [5.74, 6) is 0.627. The lowest BCUT2D eigenvalue weighted by Gasteiger charge is -2.16. The van der Waals surface area contributed by atoms with Crippen LogP contribution in [0.4, 0.5) is 0 Å². The number of ether oxygens (including phenoxy) is 4. The van der Waals surface area contributed by atoms with E-state index >= 15 is 0 Å². The molecule has 0 aromatic heterocycles. The standard InChI is InChI=1S/C16H25NO5/c1-12(21-10-19-2)7-14(17)9-16(18)13-5-4-6-15(8-13)22-11-20-3/h4-6,8,12,16-18H,7,9-11H2,1-3H3/t12-,16+/m0/s1. The highest BCUT2D eigenvalue weighted by atomic mass is 16.7. The normalized spacial score (nSPS) is 13.6. The number of hydrogen-bond donors (Lipinski definition) is 2. The maximum absolute atomic E-state index is 10.2. The first-order chi connectivity index (χ1) is 10.6. The number of aliphatic hydroxyl groups excluding tert-OH is 1. The molecule has 0 unspecified atom stereocenters. The molecule has 1 aromatic rings. The number of aliphatic hydroxyl groups is 1. The highest BCUT2D eigenvalue weighted by Crippen LogP contribution is 2.22. The summed E-state index contributed by atoms with van der Waals surface area (Å²) in [6.45, 7) is 2.23. The number of methoxy groups -OCH3 is 2. The van der Waals surface area contributed by atoms with E-state index in [1.807, 2.05) is 13.0 Å². The van der Waals surface area contributed by atoms with Crippen molar-refractivity contribution < 1.29 is 24.1 Å². The van der Waals surface area contributed by atoms with Crippen LogP contribution < -0.4 is 4.74 Å². The number of rotatable bonds is 11. The van der Waals surface area contributed by atoms with Crippen LogP contribution in [0.2, 0.25) is 0 Å². The minimum atomic E-state index is -0.742. The molecule has 0 fully saturated rings. The van der Waals surface area contributed by atoms with Crippen molar-refractivity contribution >= 4 is 5.71 Å². The summed E-state index contributed by atoms with van der Waals surface area (Å²) in [6, 6.07) is 7.16. The van der Waals surface area contributed by atoms with Gasteiger partial charge >= 0.3 is 0 Å². The van der Waals surface area contributed by atoms with Crippen LogP contribution >= 0.6 is 0 Å². The molecule has 0 saturated carbocycles. The van der Waals surface area contributed by atoms with Crippen LogP contribution in [0.5, 0.6) is 5.75 Å². The first kappa shape index (κ1) is 18.6. The first-order valence-electron chi connectivity index (χ1n) is 7.13. The summed E-state index contributed by atoms with van der Waals surface area (Å²) in [5.41, 5.74) is 1.14. The molecular formula is C16H25NO5. The first-order valence-corrected chi connectivity index (χ1v) is 7.13. The van der Waals surface area contributed by atoms with Crippen LogP contribution in [0.25, 0.3) is 0 Å². The van der Waals surface area contributed by atoms with Crippen LogP contribution in [0, 0.1) is 5.41 Å². The Balaban J connectivity index is 2.49. The van der Waals surface area contributed by atoms with E-state index in [0.29, 0.717) is 23.4 Å². The van der Waals surface area contributed by atoms with Crippen LogP contribution in [-0.4, -0.2) is 44.7 Å². The van der Waals surface area contributed by atoms with Gasteiger partial charge in [0.2, 0.25) is 0 Å². The fraction of sp³-hybridized carbons (Fsp3) is 0.562. The molecule has 22 heavy (non-hydrogen) atoms. The van der Waals surface area contributed by atoms with Crippen LogP contribution in [0.1, 0.15) is 31.4 Å². The van der Waals surface area contributed by atoms with Gasteiger partial charge in [-0.3, -0.25) is 0 Å². The highest BCUT2D eigenvalue weighted by molar-refractivity contribution is 5.82. The monoisotopic (exact) mass is 311 g/mol. The predicted octanol–water partition coefficient (Wildman–Crippen LogP) is 2.51. The van der Waals surface area contributed by atoms with E-state index in [1.165, 1.54) is 0 Å². The second kappa shape index (κ2) is 10.3. The molecule has 0 heterocycles. The number of benzene rings is 1. The molecule has 0 aliphatic carbocycles. The maximum Gasteiger partial charge on any atom is 0.188 e. The van der Waals surface area contributed by atoms with E-state index in [-0.39, 0.29) is 26.1 Å². The Hall–Kier alpha value is -1.47. The van der Waals surface area contributed by atoms with Gasteiger partial charge in [-0.1, -0.05) is 12.1 Å². The Bertz CT molecular complexity index is 452. The van der Waals surface area contributed by atoms with E-state index in [4.69, 9.17) is 24.4 Å². The Morgan fingerprint density at radius 1 is 1.18 bits per heavy atom. The molecule has 1 rings (SSSR count). The quantitative estimate of drug-likeness (QED) is 0.485. The average molecular weight is 311 g/mol. The molecule has 0 radical (unpaired) electrons. The molecule has 124 valence electrons. The van der Waals surface area contributed by atoms with Crippen molar-refractivity contribution in [1.29, 1.82) is 5.41 Å². The molecule has 0 spiro atoms. The summed E-state index contributed by atoms with van der Waals surface area (Å²) < 4.78 is 20.3. The fourth-order valence-electron chi connectivity index (χ4n) is 1.96. The summed E-state index contributed by atoms with van der Waals surface area (Å²) in [4.78, 5) is 0. The van der Waals surface area contributed by atoms with Gasteiger partial charge in [0.15, 0.2) is 6.79 Å². The van der Waals surface area contributed by atoms with E-state index in [2.05, 4.69) is 0 Å². The molecule has 2 N–H and O–H groups in total. The van der Waals surface area contributed by atoms with Gasteiger partial charge in [0.05, 0.1) is 12.2 Å². The molecule has 0 aliphatic rings. The number of hydrogen-bond acceptors (Lipinski definition) is 6. The molecular weight excluding hydrogens is 286 g/mol. The molecule has 2 atom stereocenters. The lowest BCUT2D eigenvalue weighted by atomic mass is 10.0. The minimum Gasteiger partial charge on any atom is -0.468 e. The van der Waals surface area contributed by atoms with Crippen molar-refractivity contribution in [3.63, 3.8) is 0 Å². The molecule has 0 amide bonds. The Kier molecular flexibility index (Phi) is 8.69. The predicted molar refractivity (Wildman–Crippen MR) is 83.3 cm³/mol. The Morgan fingerprint density at radius 3 is 2.59 bits per heavy atom. The lowest BCUT2D eigenvalue weighted by Crippen LogP contribution is -2.17. The van der Waals surface area contributed by atoms with E-state index in [1.54, 1.807) is 32.4 Å². The van der Waals surface area contributed by atoms with Gasteiger partial charge in [-0.2, -0.15) is 0 Å². The van der Waals surface area contributed by atoms with E-state index < -0.39 is 6.10 Å². The second-order valence-electron chi connectivity index (χ2n) is 5.03. The lowest BCUT2D eigenvalue weighted by molar-refractivity contribution is -0.0627. The number of nitrogens with one attached hydrogen (secondary N) is 1. The van der Waals surface area contributed by atoms with Crippen molar-refractivity contribution in [2.75, 3.05) is 27.8 Å². The Morgan fingerprint density at radius 2 is 1.91 bits per heavy atom. The molecule has 6 nitrogen and oxygen atoms in total. The zero-order valence-corrected chi connectivity index (χ0v) is 13.4. The van der Waals surface area contributed by atoms with E-state index in [0.717, 1.165) is 0 Å². The second-order valence-corrected chi connectivity index (χ2v) is 5.03. The van der Waals surface area contributed by atoms with Gasteiger partial charge in [-0.15, -0.1) is 0 Å². The van der Waals surface area contributed by atoms with Gasteiger partial charge in [0, 0.05) is 32.8 Å². The molecule has 0 saturated heterocycles. The molecule has 1 aromatic carbocycles. The summed E-state index contributed by atoms with van der Waals surface area (Å²) in [6.07, 6.45) is -0.140. The topological polar surface area (TPSA) is 81.0 Å². The van der Waals surface area contributed by atoms with Crippen LogP contribution in [-0.2, 0) is 14.2 Å². The zero-order valence-electron chi connectivity index (χ0n) is 13.4. The van der Waals surface area contributed by atoms with Gasteiger partial charge in [-0.25, -0.2) is 0 Å². The van der Waals surface area contributed by atoms with Crippen molar-refractivity contribution in [1.82, 2.24) is 0 Å². The van der Waals surface area contributed by atoms with Crippen LogP contribution in [0.3, 0.4) is 0 Å². The largest absolute Gasteiger partial charge is 0.468 e. The smallest absolute Gasteiger partial charge is 0.188 e. The third-order valence-corrected chi connectivity index (χ3v) is 3.03. The van der Waals surface area contributed by atoms with Crippen molar-refractivity contribution in [2.45, 2.75) is 32.0 Å². The highest BCUT2D eigenvalue weighted by Gasteiger charge is 2.14. The third-order valence-electron chi connectivity index (χ3n) is 3.03. The van der Waals surface area contributed by atoms with E-state index in [9.17, 15) is 5.11 Å². The molecule has 6 heteroatoms. The van der Waals surface area contributed by atoms with Crippen molar-refractivity contribution in [3.05, 3.63) is 29.8 Å². The van der Waals surface area contributed by atoms with Gasteiger partial charge in [-0.05, 0) is 24.6 Å². The zero-order chi connectivity index (χ0) is 16.4. The summed E-state index contributed by atoms with van der Waals surface area (Å²) in [7, 11) is 3.10. The third kappa shape index (κ3) is 7.00. The van der Waals surface area contributed by atoms with Crippen LogP contribution in [0.15, 0.2) is 24.3 Å². The fourth-order valence-corrected chi connectivity index (χ4v) is 1.96. The van der Waals surface area contributed by atoms with Gasteiger partial charge in [0.25, 0.3) is 0 Å². The van der Waals surface area contributed by atoms with Crippen molar-refractivity contribution in [3.8, 4) is 5.75 Å². The SMILES string of the molecule is COCOc1cccc([C@H](O)CC(=N)C[C@H](C)OCOC)c1. The maximum atomic E-state index is 10.2. The Labute approximate surface area is 131 Å². The summed E-state index contributed by atoms with van der Waals surface area (Å²) in [5, 5.41) is 18.2. The molecule has 0 aliphatic heterocycles. The average Bonchev–Trinajstić information content (AvgIpc) is 2.51. The van der Waals surface area contributed by atoms with Gasteiger partial charge in [0.1, 0.15) is 12.5 Å². The summed E-state index contributed by atoms with van der Waals surface area (Å²) >= 11 is 0. The van der Waals surface area contributed by atoms with Gasteiger partial charge < -0.3 is 29.5 Å².